The van der Waals surface area contributed by atoms with Crippen LogP contribution in [0.5, 0.6) is 0 Å². The van der Waals surface area contributed by atoms with Gasteiger partial charge in [0.1, 0.15) is 5.82 Å². The third-order valence-corrected chi connectivity index (χ3v) is 3.92. The summed E-state index contributed by atoms with van der Waals surface area (Å²) in [7, 11) is 0. The first-order valence-electron chi connectivity index (χ1n) is 7.91. The largest absolute Gasteiger partial charge is 0.262 e. The van der Waals surface area contributed by atoms with E-state index in [0.29, 0.717) is 5.92 Å². The van der Waals surface area contributed by atoms with E-state index in [4.69, 9.17) is 0 Å². The third-order valence-electron chi connectivity index (χ3n) is 3.92. The van der Waals surface area contributed by atoms with Crippen molar-refractivity contribution < 1.29 is 0 Å². The van der Waals surface area contributed by atoms with Crippen molar-refractivity contribution in [3.63, 3.8) is 0 Å². The Morgan fingerprint density at radius 2 is 1.86 bits per heavy atom. The van der Waals surface area contributed by atoms with Crippen molar-refractivity contribution in [2.75, 3.05) is 0 Å². The van der Waals surface area contributed by atoms with Crippen LogP contribution >= 0.6 is 12.4 Å². The lowest BCUT2D eigenvalue weighted by atomic mass is 9.97. The smallest absolute Gasteiger partial charge is 0.132 e. The molecule has 0 N–H and O–H groups in total. The van der Waals surface area contributed by atoms with E-state index in [9.17, 15) is 0 Å². The summed E-state index contributed by atoms with van der Waals surface area (Å²) < 4.78 is 0. The molecule has 3 nitrogen and oxygen atoms in total. The van der Waals surface area contributed by atoms with Gasteiger partial charge in [0.15, 0.2) is 0 Å². The third kappa shape index (κ3) is 5.24. The van der Waals surface area contributed by atoms with Gasteiger partial charge in [-0.25, -0.2) is 9.97 Å². The van der Waals surface area contributed by atoms with Crippen molar-refractivity contribution in [2.24, 2.45) is 0 Å². The number of hydrogen-bond donors (Lipinski definition) is 0. The fourth-order valence-corrected chi connectivity index (χ4v) is 2.59. The molecular formula is C17H26ClN3. The Balaban J connectivity index is 0.00000220. The molecule has 0 saturated heterocycles. The summed E-state index contributed by atoms with van der Waals surface area (Å²) in [6.45, 7) is 4.49. The molecule has 0 amide bonds. The maximum absolute atomic E-state index is 4.69. The first-order valence-corrected chi connectivity index (χ1v) is 7.91. The summed E-state index contributed by atoms with van der Waals surface area (Å²) in [4.78, 5) is 13.4. The van der Waals surface area contributed by atoms with Crippen molar-refractivity contribution in [2.45, 2.75) is 64.7 Å². The molecule has 2 aromatic rings. The number of fused-ring (bicyclic) bond motifs is 1. The van der Waals surface area contributed by atoms with Gasteiger partial charge >= 0.3 is 0 Å². The number of unbranched alkanes of at least 4 members (excludes halogenated alkanes) is 4. The minimum Gasteiger partial charge on any atom is -0.262 e. The molecule has 21 heavy (non-hydrogen) atoms. The van der Waals surface area contributed by atoms with Gasteiger partial charge < -0.3 is 0 Å². The number of aromatic nitrogens is 3. The molecule has 116 valence electrons. The minimum atomic E-state index is 0. The number of halogens is 1. The van der Waals surface area contributed by atoms with Gasteiger partial charge in [0, 0.05) is 23.7 Å². The zero-order valence-corrected chi connectivity index (χ0v) is 13.9. The highest BCUT2D eigenvalue weighted by Crippen LogP contribution is 2.24. The first kappa shape index (κ1) is 17.8. The second-order valence-corrected chi connectivity index (χ2v) is 5.47. The van der Waals surface area contributed by atoms with Crippen molar-refractivity contribution in [1.82, 2.24) is 15.0 Å². The quantitative estimate of drug-likeness (QED) is 0.621. The molecule has 0 spiro atoms. The summed E-state index contributed by atoms with van der Waals surface area (Å²) in [5.74, 6) is 1.48. The zero-order valence-electron chi connectivity index (χ0n) is 13.1. The van der Waals surface area contributed by atoms with Crippen LogP contribution in [0.4, 0.5) is 0 Å². The Morgan fingerprint density at radius 1 is 1.05 bits per heavy atom. The molecule has 0 aromatic carbocycles. The second-order valence-electron chi connectivity index (χ2n) is 5.47. The molecular weight excluding hydrogens is 282 g/mol. The van der Waals surface area contributed by atoms with Crippen LogP contribution < -0.4 is 0 Å². The lowest BCUT2D eigenvalue weighted by Gasteiger charge is -2.13. The molecule has 2 aromatic heterocycles. The van der Waals surface area contributed by atoms with Gasteiger partial charge in [-0.3, -0.25) is 4.98 Å². The fourth-order valence-electron chi connectivity index (χ4n) is 2.59. The predicted molar refractivity (Wildman–Crippen MR) is 91.0 cm³/mol. The molecule has 1 unspecified atom stereocenters. The Bertz CT molecular complexity index is 530. The maximum Gasteiger partial charge on any atom is 0.132 e. The Kier molecular flexibility index (Phi) is 8.21. The average molecular weight is 308 g/mol. The molecule has 0 saturated carbocycles. The summed E-state index contributed by atoms with van der Waals surface area (Å²) in [6.07, 6.45) is 14.5. The van der Waals surface area contributed by atoms with Crippen molar-refractivity contribution >= 4 is 23.3 Å². The standard InChI is InChI=1S/C17H25N3.ClH/c1-3-5-6-7-8-9-14(4-2)17-19-12-15-10-11-18-13-16(15)20-17;/h10-14H,3-9H2,1-2H3;1H. The highest BCUT2D eigenvalue weighted by atomic mass is 35.5. The van der Waals surface area contributed by atoms with E-state index in [0.717, 1.165) is 23.1 Å². The second kappa shape index (κ2) is 9.67. The molecule has 0 radical (unpaired) electrons. The van der Waals surface area contributed by atoms with E-state index in [1.165, 1.54) is 38.5 Å². The van der Waals surface area contributed by atoms with E-state index in [1.54, 1.807) is 6.20 Å². The fraction of sp³-hybridized carbons (Fsp3) is 0.588. The topological polar surface area (TPSA) is 38.7 Å². The zero-order chi connectivity index (χ0) is 14.2. The summed E-state index contributed by atoms with van der Waals surface area (Å²) >= 11 is 0. The highest BCUT2D eigenvalue weighted by molar-refractivity contribution is 5.85. The van der Waals surface area contributed by atoms with E-state index in [1.807, 2.05) is 18.5 Å². The van der Waals surface area contributed by atoms with Crippen LogP contribution in [-0.2, 0) is 0 Å². The van der Waals surface area contributed by atoms with Gasteiger partial charge in [-0.2, -0.15) is 0 Å². The summed E-state index contributed by atoms with van der Waals surface area (Å²) in [6, 6.07) is 1.96. The van der Waals surface area contributed by atoms with Gasteiger partial charge in [0.2, 0.25) is 0 Å². The van der Waals surface area contributed by atoms with Gasteiger partial charge in [-0.15, -0.1) is 12.4 Å². The number of nitrogens with zero attached hydrogens (tertiary/aromatic N) is 3. The molecule has 0 aliphatic heterocycles. The van der Waals surface area contributed by atoms with Crippen LogP contribution in [0.1, 0.15) is 70.5 Å². The number of pyridine rings is 1. The Morgan fingerprint density at radius 3 is 2.62 bits per heavy atom. The van der Waals surface area contributed by atoms with Crippen molar-refractivity contribution in [3.8, 4) is 0 Å². The summed E-state index contributed by atoms with van der Waals surface area (Å²) in [5.41, 5.74) is 0.960. The lowest BCUT2D eigenvalue weighted by Crippen LogP contribution is -2.04. The molecule has 0 aliphatic carbocycles. The van der Waals surface area contributed by atoms with Gasteiger partial charge in [-0.1, -0.05) is 46.0 Å². The monoisotopic (exact) mass is 307 g/mol. The van der Waals surface area contributed by atoms with Crippen LogP contribution in [0, 0.1) is 0 Å². The van der Waals surface area contributed by atoms with Crippen LogP contribution in [0.3, 0.4) is 0 Å². The maximum atomic E-state index is 4.69. The molecule has 0 aliphatic rings. The molecule has 4 heteroatoms. The Labute approximate surface area is 134 Å². The van der Waals surface area contributed by atoms with E-state index in [2.05, 4.69) is 28.8 Å². The van der Waals surface area contributed by atoms with E-state index in [-0.39, 0.29) is 12.4 Å². The van der Waals surface area contributed by atoms with Gasteiger partial charge in [0.05, 0.1) is 11.7 Å². The molecule has 0 fully saturated rings. The van der Waals surface area contributed by atoms with Gasteiger partial charge in [-0.05, 0) is 18.9 Å². The predicted octanol–water partition coefficient (Wildman–Crippen LogP) is 5.30. The van der Waals surface area contributed by atoms with Crippen molar-refractivity contribution in [3.05, 3.63) is 30.5 Å². The molecule has 0 bridgehead atoms. The SMILES string of the molecule is CCCCCCCC(CC)c1ncc2ccncc2n1.Cl. The first-order chi connectivity index (χ1) is 9.85. The average Bonchev–Trinajstić information content (AvgIpc) is 2.50. The van der Waals surface area contributed by atoms with Crippen LogP contribution in [-0.4, -0.2) is 15.0 Å². The number of rotatable bonds is 8. The molecule has 2 rings (SSSR count). The lowest BCUT2D eigenvalue weighted by molar-refractivity contribution is 0.518. The molecule has 2 heterocycles. The number of hydrogen-bond acceptors (Lipinski definition) is 3. The van der Waals surface area contributed by atoms with Gasteiger partial charge in [0.25, 0.3) is 0 Å². The Hall–Kier alpha value is -1.22. The van der Waals surface area contributed by atoms with E-state index < -0.39 is 0 Å². The normalized spacial score (nSPS) is 12.1. The minimum absolute atomic E-state index is 0. The highest BCUT2D eigenvalue weighted by Gasteiger charge is 2.12. The van der Waals surface area contributed by atoms with E-state index >= 15 is 0 Å². The van der Waals surface area contributed by atoms with Crippen LogP contribution in [0.2, 0.25) is 0 Å². The summed E-state index contributed by atoms with van der Waals surface area (Å²) in [5, 5.41) is 1.07. The van der Waals surface area contributed by atoms with Crippen LogP contribution in [0.15, 0.2) is 24.7 Å². The van der Waals surface area contributed by atoms with Crippen LogP contribution in [0.25, 0.3) is 10.9 Å². The van der Waals surface area contributed by atoms with Crippen molar-refractivity contribution in [1.29, 1.82) is 0 Å². The molecule has 1 atom stereocenters.